The van der Waals surface area contributed by atoms with E-state index >= 15 is 0 Å². The van der Waals surface area contributed by atoms with Gasteiger partial charge in [-0.3, -0.25) is 0 Å². The van der Waals surface area contributed by atoms with Gasteiger partial charge in [-0.05, 0) is 85.7 Å². The minimum absolute atomic E-state index is 0.0469. The highest BCUT2D eigenvalue weighted by molar-refractivity contribution is 8.03. The van der Waals surface area contributed by atoms with Crippen molar-refractivity contribution in [1.82, 2.24) is 0 Å². The van der Waals surface area contributed by atoms with Gasteiger partial charge < -0.3 is 29.7 Å². The average Bonchev–Trinajstić information content (AvgIpc) is 3.27. The molecule has 0 aliphatic carbocycles. The van der Waals surface area contributed by atoms with Crippen LogP contribution in [0.15, 0.2) is 80.4 Å². The first kappa shape index (κ1) is 32.1. The Bertz CT molecular complexity index is 1190. The Balaban J connectivity index is 1.81. The highest BCUT2D eigenvalue weighted by Crippen LogP contribution is 2.48. The van der Waals surface area contributed by atoms with Crippen LogP contribution < -0.4 is 14.4 Å². The monoisotopic (exact) mass is 589 g/mol. The van der Waals surface area contributed by atoms with Crippen LogP contribution in [0.5, 0.6) is 11.5 Å². The zero-order valence-corrected chi connectivity index (χ0v) is 24.9. The molecule has 1 unspecified atom stereocenters. The van der Waals surface area contributed by atoms with E-state index in [1.54, 1.807) is 23.5 Å². The van der Waals surface area contributed by atoms with Crippen LogP contribution in [0.2, 0.25) is 0 Å². The molecule has 0 aromatic heterocycles. The molecule has 1 atom stereocenters. The molecule has 1 aliphatic heterocycles. The molecule has 9 heteroatoms. The fourth-order valence-electron chi connectivity index (χ4n) is 4.53. The van der Waals surface area contributed by atoms with Gasteiger partial charge in [0.05, 0.1) is 30.5 Å². The number of fused-ring (bicyclic) bond motifs is 1. The van der Waals surface area contributed by atoms with Gasteiger partial charge in [-0.15, -0.1) is 0 Å². The van der Waals surface area contributed by atoms with E-state index in [1.165, 1.54) is 0 Å². The molecule has 0 saturated heterocycles. The van der Waals surface area contributed by atoms with Gasteiger partial charge in [0.1, 0.15) is 31.4 Å². The molecule has 1 aliphatic rings. The van der Waals surface area contributed by atoms with Crippen molar-refractivity contribution in [2.75, 3.05) is 51.2 Å². The Labute approximate surface area is 245 Å². The van der Waals surface area contributed by atoms with Crippen molar-refractivity contribution in [3.05, 3.63) is 76.2 Å². The number of hydrogen-bond acceptors (Lipinski definition) is 8. The van der Waals surface area contributed by atoms with E-state index in [9.17, 15) is 9.50 Å². The summed E-state index contributed by atoms with van der Waals surface area (Å²) in [6.45, 7) is 8.68. The second-order valence-corrected chi connectivity index (χ2v) is 11.6. The van der Waals surface area contributed by atoms with Crippen molar-refractivity contribution < 1.29 is 29.2 Å². The van der Waals surface area contributed by atoms with Crippen molar-refractivity contribution in [2.45, 2.75) is 48.8 Å². The van der Waals surface area contributed by atoms with Crippen molar-refractivity contribution in [3.8, 4) is 11.5 Å². The fourth-order valence-corrected chi connectivity index (χ4v) is 6.71. The van der Waals surface area contributed by atoms with Crippen LogP contribution in [0.1, 0.15) is 44.6 Å². The van der Waals surface area contributed by atoms with E-state index in [0.29, 0.717) is 11.5 Å². The van der Waals surface area contributed by atoms with Gasteiger partial charge >= 0.3 is 0 Å². The van der Waals surface area contributed by atoms with Gasteiger partial charge in [-0.25, -0.2) is 4.39 Å². The van der Waals surface area contributed by atoms with Crippen LogP contribution in [-0.4, -0.2) is 61.6 Å². The SMILES string of the molecule is C=C(C=C(C)C=C1Sc2ccc(OCCO)cc2N1CCF)Sc1ccc(OCCO)cc1C(CC)CCCO. The number of hydrogen-bond donors (Lipinski definition) is 3. The molecule has 0 amide bonds. The maximum absolute atomic E-state index is 13.5. The quantitative estimate of drug-likeness (QED) is 0.139. The normalized spacial score (nSPS) is 14.9. The lowest BCUT2D eigenvalue weighted by atomic mass is 9.92. The zero-order chi connectivity index (χ0) is 28.9. The highest BCUT2D eigenvalue weighted by atomic mass is 32.2. The second-order valence-electron chi connectivity index (χ2n) is 9.33. The molecule has 3 rings (SSSR count). The molecule has 1 heterocycles. The molecule has 6 nitrogen and oxygen atoms in total. The molecule has 40 heavy (non-hydrogen) atoms. The molecule has 0 radical (unpaired) electrons. The van der Waals surface area contributed by atoms with Gasteiger partial charge in [-0.2, -0.15) is 0 Å². The van der Waals surface area contributed by atoms with Crippen molar-refractivity contribution in [1.29, 1.82) is 0 Å². The van der Waals surface area contributed by atoms with Gasteiger partial charge in [0, 0.05) is 27.4 Å². The first-order valence-corrected chi connectivity index (χ1v) is 15.2. The third-order valence-electron chi connectivity index (χ3n) is 6.34. The first-order valence-electron chi connectivity index (χ1n) is 13.6. The Morgan fingerprint density at radius 2 is 1.77 bits per heavy atom. The number of rotatable bonds is 17. The average molecular weight is 590 g/mol. The molecule has 3 N–H and O–H groups in total. The largest absolute Gasteiger partial charge is 0.491 e. The summed E-state index contributed by atoms with van der Waals surface area (Å²) < 4.78 is 24.7. The predicted molar refractivity (Wildman–Crippen MR) is 163 cm³/mol. The summed E-state index contributed by atoms with van der Waals surface area (Å²) in [5.41, 5.74) is 3.04. The van der Waals surface area contributed by atoms with Crippen LogP contribution >= 0.6 is 23.5 Å². The topological polar surface area (TPSA) is 82.4 Å². The number of halogens is 1. The number of thioether (sulfide) groups is 2. The molecule has 0 saturated carbocycles. The minimum Gasteiger partial charge on any atom is -0.491 e. The van der Waals surface area contributed by atoms with Crippen LogP contribution in [0, 0.1) is 0 Å². The molecular formula is C31H40FNO5S2. The van der Waals surface area contributed by atoms with Crippen molar-refractivity contribution in [2.24, 2.45) is 0 Å². The third-order valence-corrected chi connectivity index (χ3v) is 8.42. The molecule has 2 aromatic carbocycles. The Morgan fingerprint density at radius 3 is 2.42 bits per heavy atom. The van der Waals surface area contributed by atoms with Gasteiger partial charge in [0.2, 0.25) is 0 Å². The van der Waals surface area contributed by atoms with Crippen LogP contribution in [0.3, 0.4) is 0 Å². The number of aliphatic hydroxyl groups excluding tert-OH is 3. The second kappa shape index (κ2) is 16.7. The van der Waals surface area contributed by atoms with E-state index in [0.717, 1.165) is 55.8 Å². The van der Waals surface area contributed by atoms with E-state index in [2.05, 4.69) is 13.5 Å². The lowest BCUT2D eigenvalue weighted by Gasteiger charge is -2.20. The van der Waals surface area contributed by atoms with Crippen molar-refractivity contribution >= 4 is 29.2 Å². The first-order chi connectivity index (χ1) is 19.4. The van der Waals surface area contributed by atoms with Crippen LogP contribution in [-0.2, 0) is 0 Å². The lowest BCUT2D eigenvalue weighted by molar-refractivity contribution is 0.201. The number of alkyl halides is 1. The number of aliphatic hydroxyl groups is 3. The number of anilines is 1. The Kier molecular flexibility index (Phi) is 13.4. The summed E-state index contributed by atoms with van der Waals surface area (Å²) in [4.78, 5) is 4.93. The van der Waals surface area contributed by atoms with Crippen LogP contribution in [0.25, 0.3) is 0 Å². The molecule has 0 fully saturated rings. The Hall–Kier alpha value is -2.43. The smallest absolute Gasteiger partial charge is 0.121 e. The molecule has 0 spiro atoms. The molecule has 0 bridgehead atoms. The van der Waals surface area contributed by atoms with Crippen LogP contribution in [0.4, 0.5) is 10.1 Å². The zero-order valence-electron chi connectivity index (χ0n) is 23.3. The summed E-state index contributed by atoms with van der Waals surface area (Å²) in [5.74, 6) is 1.62. The van der Waals surface area contributed by atoms with Gasteiger partial charge in [0.25, 0.3) is 0 Å². The summed E-state index contributed by atoms with van der Waals surface area (Å²) in [6, 6.07) is 11.7. The number of allylic oxidation sites excluding steroid dienone is 3. The maximum Gasteiger partial charge on any atom is 0.121 e. The van der Waals surface area contributed by atoms with E-state index in [1.807, 2.05) is 60.4 Å². The molecule has 2 aromatic rings. The third kappa shape index (κ3) is 9.04. The minimum atomic E-state index is -0.486. The standard InChI is InChI=1S/C31H40FNO5S2/c1-4-24(6-5-13-34)27-20-25(37-16-14-35)7-9-29(27)39-23(3)18-22(2)19-31-33(12-11-32)28-21-26(38-17-15-36)8-10-30(28)40-31/h7-10,18-21,24,34-36H,3-6,11-17H2,1-2H3. The summed E-state index contributed by atoms with van der Waals surface area (Å²) in [7, 11) is 0. The summed E-state index contributed by atoms with van der Waals surface area (Å²) >= 11 is 3.18. The fraction of sp³-hybridized carbons (Fsp3) is 0.419. The number of ether oxygens (including phenoxy) is 2. The molecular weight excluding hydrogens is 549 g/mol. The maximum atomic E-state index is 13.5. The number of benzene rings is 2. The van der Waals surface area contributed by atoms with Gasteiger partial charge in [-0.1, -0.05) is 37.0 Å². The van der Waals surface area contributed by atoms with E-state index in [4.69, 9.17) is 19.7 Å². The molecule has 218 valence electrons. The predicted octanol–water partition coefficient (Wildman–Crippen LogP) is 6.67. The summed E-state index contributed by atoms with van der Waals surface area (Å²) in [6.07, 6.45) is 6.59. The van der Waals surface area contributed by atoms with E-state index < -0.39 is 6.67 Å². The lowest BCUT2D eigenvalue weighted by Crippen LogP contribution is -2.20. The Morgan fingerprint density at radius 1 is 1.07 bits per heavy atom. The highest BCUT2D eigenvalue weighted by Gasteiger charge is 2.25. The van der Waals surface area contributed by atoms with Crippen molar-refractivity contribution in [3.63, 3.8) is 0 Å². The van der Waals surface area contributed by atoms with Gasteiger partial charge in [0.15, 0.2) is 0 Å². The summed E-state index contributed by atoms with van der Waals surface area (Å²) in [5, 5.41) is 28.5. The van der Waals surface area contributed by atoms with E-state index in [-0.39, 0.29) is 45.5 Å². The number of nitrogens with zero attached hydrogens (tertiary/aromatic N) is 1.